The predicted molar refractivity (Wildman–Crippen MR) is 80.3 cm³/mol. The van der Waals surface area contributed by atoms with Crippen molar-refractivity contribution in [1.29, 1.82) is 0 Å². The summed E-state index contributed by atoms with van der Waals surface area (Å²) in [7, 11) is 1.32. The molecule has 0 amide bonds. The number of hydrogen-bond donors (Lipinski definition) is 0. The first-order chi connectivity index (χ1) is 10.0. The summed E-state index contributed by atoms with van der Waals surface area (Å²) in [5.74, 6) is -0.894. The zero-order valence-electron chi connectivity index (χ0n) is 11.6. The SMILES string of the molecule is COC(=O)/C=C(\C)c1cncc(-c2ccc(F)c(Cl)c2)c1. The number of benzene rings is 1. The second-order valence-electron chi connectivity index (χ2n) is 4.44. The molecule has 0 N–H and O–H groups in total. The maximum Gasteiger partial charge on any atom is 0.330 e. The van der Waals surface area contributed by atoms with Crippen molar-refractivity contribution in [3.8, 4) is 11.1 Å². The molecule has 0 bridgehead atoms. The van der Waals surface area contributed by atoms with Gasteiger partial charge in [-0.25, -0.2) is 9.18 Å². The van der Waals surface area contributed by atoms with Crippen LogP contribution < -0.4 is 0 Å². The van der Waals surface area contributed by atoms with Crippen LogP contribution in [0.4, 0.5) is 4.39 Å². The van der Waals surface area contributed by atoms with Crippen LogP contribution in [0.5, 0.6) is 0 Å². The second-order valence-corrected chi connectivity index (χ2v) is 4.85. The molecule has 2 aromatic rings. The molecular formula is C16H13ClFNO2. The number of pyridine rings is 1. The number of methoxy groups -OCH3 is 1. The van der Waals surface area contributed by atoms with Crippen molar-refractivity contribution in [3.05, 3.63) is 59.1 Å². The van der Waals surface area contributed by atoms with Gasteiger partial charge in [0.2, 0.25) is 0 Å². The van der Waals surface area contributed by atoms with Gasteiger partial charge in [0.1, 0.15) is 5.82 Å². The van der Waals surface area contributed by atoms with E-state index in [1.54, 1.807) is 25.4 Å². The van der Waals surface area contributed by atoms with Crippen LogP contribution in [0, 0.1) is 5.82 Å². The fourth-order valence-electron chi connectivity index (χ4n) is 1.81. The molecule has 1 aromatic heterocycles. The number of allylic oxidation sites excluding steroid dienone is 1. The van der Waals surface area contributed by atoms with Crippen molar-refractivity contribution >= 4 is 23.1 Å². The lowest BCUT2D eigenvalue weighted by Gasteiger charge is -2.06. The zero-order chi connectivity index (χ0) is 15.4. The Hall–Kier alpha value is -2.20. The molecule has 0 saturated heterocycles. The van der Waals surface area contributed by atoms with Gasteiger partial charge >= 0.3 is 5.97 Å². The van der Waals surface area contributed by atoms with Crippen LogP contribution in [-0.2, 0) is 9.53 Å². The molecule has 1 heterocycles. The summed E-state index contributed by atoms with van der Waals surface area (Å²) in [6.45, 7) is 1.79. The van der Waals surface area contributed by atoms with Crippen molar-refractivity contribution in [2.75, 3.05) is 7.11 Å². The number of aromatic nitrogens is 1. The van der Waals surface area contributed by atoms with Crippen LogP contribution in [0.3, 0.4) is 0 Å². The van der Waals surface area contributed by atoms with E-state index in [0.29, 0.717) is 0 Å². The summed E-state index contributed by atoms with van der Waals surface area (Å²) in [4.78, 5) is 15.4. The number of nitrogens with zero attached hydrogens (tertiary/aromatic N) is 1. The minimum absolute atomic E-state index is 0.0553. The van der Waals surface area contributed by atoms with Gasteiger partial charge in [-0.15, -0.1) is 0 Å². The Kier molecular flexibility index (Phi) is 4.70. The van der Waals surface area contributed by atoms with E-state index in [4.69, 9.17) is 11.6 Å². The lowest BCUT2D eigenvalue weighted by molar-refractivity contribution is -0.134. The summed E-state index contributed by atoms with van der Waals surface area (Å²) in [5, 5.41) is 0.0553. The number of carbonyl (C=O) groups is 1. The van der Waals surface area contributed by atoms with Crippen LogP contribution in [0.25, 0.3) is 16.7 Å². The van der Waals surface area contributed by atoms with Crippen LogP contribution in [0.15, 0.2) is 42.7 Å². The molecule has 108 valence electrons. The molecule has 1 aromatic carbocycles. The Bertz CT molecular complexity index is 713. The van der Waals surface area contributed by atoms with Gasteiger partial charge in [0.05, 0.1) is 12.1 Å². The van der Waals surface area contributed by atoms with Gasteiger partial charge < -0.3 is 4.74 Å². The maximum absolute atomic E-state index is 13.2. The number of carbonyl (C=O) groups excluding carboxylic acids is 1. The van der Waals surface area contributed by atoms with Crippen molar-refractivity contribution in [1.82, 2.24) is 4.98 Å². The van der Waals surface area contributed by atoms with E-state index in [2.05, 4.69) is 9.72 Å². The molecule has 0 atom stereocenters. The van der Waals surface area contributed by atoms with Crippen molar-refractivity contribution < 1.29 is 13.9 Å². The van der Waals surface area contributed by atoms with E-state index >= 15 is 0 Å². The molecular weight excluding hydrogens is 293 g/mol. The smallest absolute Gasteiger partial charge is 0.330 e. The van der Waals surface area contributed by atoms with Gasteiger partial charge in [0.15, 0.2) is 0 Å². The largest absolute Gasteiger partial charge is 0.466 e. The number of ether oxygens (including phenoxy) is 1. The van der Waals surface area contributed by atoms with E-state index < -0.39 is 11.8 Å². The Labute approximate surface area is 127 Å². The summed E-state index contributed by atoms with van der Waals surface area (Å²) >= 11 is 5.79. The number of rotatable bonds is 3. The molecule has 0 spiro atoms. The maximum atomic E-state index is 13.2. The van der Waals surface area contributed by atoms with Crippen LogP contribution in [0.2, 0.25) is 5.02 Å². The third-order valence-electron chi connectivity index (χ3n) is 2.98. The molecule has 3 nitrogen and oxygen atoms in total. The predicted octanol–water partition coefficient (Wildman–Crippen LogP) is 4.12. The van der Waals surface area contributed by atoms with Gasteiger partial charge in [-0.2, -0.15) is 0 Å². The molecule has 0 aliphatic heterocycles. The van der Waals surface area contributed by atoms with E-state index in [-0.39, 0.29) is 5.02 Å². The van der Waals surface area contributed by atoms with Crippen LogP contribution in [-0.4, -0.2) is 18.1 Å². The lowest BCUT2D eigenvalue weighted by atomic mass is 10.0. The molecule has 5 heteroatoms. The van der Waals surface area contributed by atoms with E-state index in [1.165, 1.54) is 25.3 Å². The molecule has 0 aliphatic carbocycles. The van der Waals surface area contributed by atoms with Crippen molar-refractivity contribution in [3.63, 3.8) is 0 Å². The normalized spacial score (nSPS) is 11.3. The summed E-state index contributed by atoms with van der Waals surface area (Å²) < 4.78 is 17.8. The van der Waals surface area contributed by atoms with Gasteiger partial charge in [0, 0.05) is 24.0 Å². The van der Waals surface area contributed by atoms with Crippen LogP contribution in [0.1, 0.15) is 12.5 Å². The highest BCUT2D eigenvalue weighted by Gasteiger charge is 2.06. The Morgan fingerprint density at radius 2 is 2.05 bits per heavy atom. The molecule has 0 unspecified atom stereocenters. The quantitative estimate of drug-likeness (QED) is 0.632. The van der Waals surface area contributed by atoms with E-state index in [9.17, 15) is 9.18 Å². The minimum atomic E-state index is -0.466. The Morgan fingerprint density at radius 1 is 1.29 bits per heavy atom. The first-order valence-electron chi connectivity index (χ1n) is 6.18. The molecule has 0 saturated carbocycles. The highest BCUT2D eigenvalue weighted by atomic mass is 35.5. The number of halogens is 2. The fourth-order valence-corrected chi connectivity index (χ4v) is 1.99. The minimum Gasteiger partial charge on any atom is -0.466 e. The number of esters is 1. The third kappa shape index (κ3) is 3.67. The molecule has 0 radical (unpaired) electrons. The first kappa shape index (κ1) is 15.2. The fraction of sp³-hybridized carbons (Fsp3) is 0.125. The van der Waals surface area contributed by atoms with Crippen LogP contribution >= 0.6 is 11.6 Å². The average Bonchev–Trinajstić information content (AvgIpc) is 2.50. The monoisotopic (exact) mass is 305 g/mol. The Morgan fingerprint density at radius 3 is 2.71 bits per heavy atom. The van der Waals surface area contributed by atoms with Gasteiger partial charge in [-0.1, -0.05) is 17.7 Å². The van der Waals surface area contributed by atoms with Gasteiger partial charge in [-0.3, -0.25) is 4.98 Å². The van der Waals surface area contributed by atoms with Gasteiger partial charge in [-0.05, 0) is 41.8 Å². The topological polar surface area (TPSA) is 39.2 Å². The van der Waals surface area contributed by atoms with E-state index in [0.717, 1.165) is 22.3 Å². The third-order valence-corrected chi connectivity index (χ3v) is 3.27. The van der Waals surface area contributed by atoms with Crippen molar-refractivity contribution in [2.45, 2.75) is 6.92 Å². The summed E-state index contributed by atoms with van der Waals surface area (Å²) in [6.07, 6.45) is 4.68. The number of hydrogen-bond acceptors (Lipinski definition) is 3. The van der Waals surface area contributed by atoms with Crippen molar-refractivity contribution in [2.24, 2.45) is 0 Å². The van der Waals surface area contributed by atoms with E-state index in [1.807, 2.05) is 6.07 Å². The molecule has 0 aliphatic rings. The highest BCUT2D eigenvalue weighted by molar-refractivity contribution is 6.31. The zero-order valence-corrected chi connectivity index (χ0v) is 12.3. The second kappa shape index (κ2) is 6.50. The summed E-state index contributed by atoms with van der Waals surface area (Å²) in [5.41, 5.74) is 3.04. The average molecular weight is 306 g/mol. The molecule has 21 heavy (non-hydrogen) atoms. The highest BCUT2D eigenvalue weighted by Crippen LogP contribution is 2.26. The first-order valence-corrected chi connectivity index (χ1v) is 6.56. The lowest BCUT2D eigenvalue weighted by Crippen LogP contribution is -1.96. The summed E-state index contributed by atoms with van der Waals surface area (Å²) in [6, 6.07) is 6.32. The molecule has 0 fully saturated rings. The Balaban J connectivity index is 2.39. The van der Waals surface area contributed by atoms with Gasteiger partial charge in [0.25, 0.3) is 0 Å². The standard InChI is InChI=1S/C16H13ClFNO2/c1-10(5-16(20)21-2)12-6-13(9-19-8-12)11-3-4-15(18)14(17)7-11/h3-9H,1-2H3/b10-5+. The molecule has 2 rings (SSSR count).